The van der Waals surface area contributed by atoms with Crippen LogP contribution in [0.15, 0.2) is 0 Å². The zero-order valence-electron chi connectivity index (χ0n) is 8.88. The Morgan fingerprint density at radius 2 is 1.93 bits per heavy atom. The van der Waals surface area contributed by atoms with Crippen molar-refractivity contribution in [2.75, 3.05) is 34.0 Å². The maximum absolute atomic E-state index is 11.3. The second-order valence-electron chi connectivity index (χ2n) is 3.63. The number of hydrogen-bond donors (Lipinski definition) is 0. The molecule has 0 N–H and O–H groups in total. The fourth-order valence-corrected chi connectivity index (χ4v) is 1.44. The second-order valence-corrected chi connectivity index (χ2v) is 3.63. The maximum Gasteiger partial charge on any atom is 0.311 e. The van der Waals surface area contributed by atoms with Crippen LogP contribution in [0.25, 0.3) is 0 Å². The molecule has 0 amide bonds. The number of ether oxygens (including phenoxy) is 3. The van der Waals surface area contributed by atoms with Crippen molar-refractivity contribution in [3.63, 3.8) is 0 Å². The van der Waals surface area contributed by atoms with Gasteiger partial charge in [0.25, 0.3) is 0 Å². The van der Waals surface area contributed by atoms with Gasteiger partial charge in [0.1, 0.15) is 0 Å². The molecule has 14 heavy (non-hydrogen) atoms. The number of carbonyl (C=O) groups excluding carboxylic acids is 1. The smallest absolute Gasteiger partial charge is 0.311 e. The molecule has 0 atom stereocenters. The van der Waals surface area contributed by atoms with Gasteiger partial charge in [0.05, 0.1) is 25.7 Å². The first-order chi connectivity index (χ1) is 6.75. The summed E-state index contributed by atoms with van der Waals surface area (Å²) in [4.78, 5) is 11.3. The average Bonchev–Trinajstić information content (AvgIpc) is 2.98. The van der Waals surface area contributed by atoms with E-state index in [1.54, 1.807) is 7.11 Å². The highest BCUT2D eigenvalue weighted by Crippen LogP contribution is 2.49. The molecule has 0 unspecified atom stereocenters. The lowest BCUT2D eigenvalue weighted by Gasteiger charge is -2.12. The van der Waals surface area contributed by atoms with E-state index >= 15 is 0 Å². The number of rotatable bonds is 7. The molecular weight excluding hydrogens is 184 g/mol. The van der Waals surface area contributed by atoms with E-state index in [4.69, 9.17) is 14.2 Å². The van der Waals surface area contributed by atoms with E-state index in [0.29, 0.717) is 19.8 Å². The largest absolute Gasteiger partial charge is 0.469 e. The summed E-state index contributed by atoms with van der Waals surface area (Å²) >= 11 is 0. The van der Waals surface area contributed by atoms with Gasteiger partial charge in [-0.25, -0.2) is 0 Å². The van der Waals surface area contributed by atoms with Crippen LogP contribution in [-0.4, -0.2) is 40.0 Å². The van der Waals surface area contributed by atoms with Crippen LogP contribution in [0.5, 0.6) is 0 Å². The Morgan fingerprint density at radius 3 is 2.43 bits per heavy atom. The van der Waals surface area contributed by atoms with Crippen molar-refractivity contribution >= 4 is 5.97 Å². The van der Waals surface area contributed by atoms with Crippen LogP contribution in [0.2, 0.25) is 0 Å². The molecule has 0 spiro atoms. The fourth-order valence-electron chi connectivity index (χ4n) is 1.44. The summed E-state index contributed by atoms with van der Waals surface area (Å²) in [6.45, 7) is 1.80. The van der Waals surface area contributed by atoms with Gasteiger partial charge in [-0.15, -0.1) is 0 Å². The monoisotopic (exact) mass is 202 g/mol. The van der Waals surface area contributed by atoms with Crippen LogP contribution in [0, 0.1) is 5.41 Å². The Hall–Kier alpha value is -0.610. The first-order valence-electron chi connectivity index (χ1n) is 4.90. The standard InChI is InChI=1S/C10H18O4/c1-12-7-8-14-6-5-10(3-4-10)9(11)13-2/h3-8H2,1-2H3. The van der Waals surface area contributed by atoms with E-state index in [1.165, 1.54) is 7.11 Å². The molecule has 1 saturated carbocycles. The van der Waals surface area contributed by atoms with Gasteiger partial charge in [-0.2, -0.15) is 0 Å². The summed E-state index contributed by atoms with van der Waals surface area (Å²) in [5.74, 6) is -0.0900. The highest BCUT2D eigenvalue weighted by atomic mass is 16.5. The molecule has 4 heteroatoms. The summed E-state index contributed by atoms with van der Waals surface area (Å²) in [7, 11) is 3.08. The minimum Gasteiger partial charge on any atom is -0.469 e. The van der Waals surface area contributed by atoms with Crippen LogP contribution in [-0.2, 0) is 19.0 Å². The summed E-state index contributed by atoms with van der Waals surface area (Å²) in [5.41, 5.74) is -0.220. The molecule has 82 valence electrons. The zero-order valence-corrected chi connectivity index (χ0v) is 8.88. The molecule has 4 nitrogen and oxygen atoms in total. The lowest BCUT2D eigenvalue weighted by molar-refractivity contribution is -0.147. The van der Waals surface area contributed by atoms with Gasteiger partial charge in [0, 0.05) is 13.7 Å². The van der Waals surface area contributed by atoms with Crippen molar-refractivity contribution < 1.29 is 19.0 Å². The van der Waals surface area contributed by atoms with E-state index in [1.807, 2.05) is 0 Å². The van der Waals surface area contributed by atoms with E-state index in [9.17, 15) is 4.79 Å². The first-order valence-corrected chi connectivity index (χ1v) is 4.90. The van der Waals surface area contributed by atoms with Gasteiger partial charge in [-0.05, 0) is 19.3 Å². The summed E-state index contributed by atoms with van der Waals surface area (Å²) in [5, 5.41) is 0. The molecule has 1 fully saturated rings. The molecule has 1 aliphatic carbocycles. The van der Waals surface area contributed by atoms with Crippen LogP contribution < -0.4 is 0 Å². The quantitative estimate of drug-likeness (QED) is 0.456. The van der Waals surface area contributed by atoms with Crippen LogP contribution in [0.4, 0.5) is 0 Å². The van der Waals surface area contributed by atoms with E-state index < -0.39 is 0 Å². The Morgan fingerprint density at radius 1 is 1.21 bits per heavy atom. The topological polar surface area (TPSA) is 44.8 Å². The summed E-state index contributed by atoms with van der Waals surface area (Å²) in [6, 6.07) is 0. The molecular formula is C10H18O4. The zero-order chi connectivity index (χ0) is 10.4. The van der Waals surface area contributed by atoms with Crippen molar-refractivity contribution in [2.45, 2.75) is 19.3 Å². The Bertz CT molecular complexity index is 187. The Kier molecular flexibility index (Phi) is 4.35. The summed E-state index contributed by atoms with van der Waals surface area (Å²) in [6.07, 6.45) is 2.64. The van der Waals surface area contributed by atoms with Crippen LogP contribution in [0.3, 0.4) is 0 Å². The molecule has 1 aliphatic rings. The van der Waals surface area contributed by atoms with E-state index in [-0.39, 0.29) is 11.4 Å². The number of esters is 1. The summed E-state index contributed by atoms with van der Waals surface area (Å²) < 4.78 is 14.9. The molecule has 0 aromatic heterocycles. The second kappa shape index (κ2) is 5.32. The molecule has 0 heterocycles. The third-order valence-corrected chi connectivity index (χ3v) is 2.63. The molecule has 0 aromatic carbocycles. The first kappa shape index (κ1) is 11.5. The average molecular weight is 202 g/mol. The normalized spacial score (nSPS) is 17.9. The van der Waals surface area contributed by atoms with Crippen molar-refractivity contribution in [3.05, 3.63) is 0 Å². The van der Waals surface area contributed by atoms with Gasteiger partial charge in [0.15, 0.2) is 0 Å². The van der Waals surface area contributed by atoms with Gasteiger partial charge in [-0.3, -0.25) is 4.79 Å². The van der Waals surface area contributed by atoms with Gasteiger partial charge >= 0.3 is 5.97 Å². The molecule has 0 bridgehead atoms. The molecule has 0 saturated heterocycles. The molecule has 1 rings (SSSR count). The highest BCUT2D eigenvalue weighted by Gasteiger charge is 2.50. The fraction of sp³-hybridized carbons (Fsp3) is 0.900. The van der Waals surface area contributed by atoms with Gasteiger partial charge in [-0.1, -0.05) is 0 Å². The predicted octanol–water partition coefficient (Wildman–Crippen LogP) is 0.993. The lowest BCUT2D eigenvalue weighted by atomic mass is 10.0. The highest BCUT2D eigenvalue weighted by molar-refractivity contribution is 5.79. The minimum absolute atomic E-state index is 0.0900. The maximum atomic E-state index is 11.3. The van der Waals surface area contributed by atoms with E-state index in [2.05, 4.69) is 0 Å². The number of carbonyl (C=O) groups is 1. The number of methoxy groups -OCH3 is 2. The Balaban J connectivity index is 2.09. The van der Waals surface area contributed by atoms with Gasteiger partial charge in [0.2, 0.25) is 0 Å². The van der Waals surface area contributed by atoms with Crippen molar-refractivity contribution in [2.24, 2.45) is 5.41 Å². The van der Waals surface area contributed by atoms with Crippen molar-refractivity contribution in [3.8, 4) is 0 Å². The third kappa shape index (κ3) is 2.96. The lowest BCUT2D eigenvalue weighted by Crippen LogP contribution is -2.19. The molecule has 0 radical (unpaired) electrons. The SMILES string of the molecule is COCCOCCC1(C(=O)OC)CC1. The molecule has 0 aromatic rings. The van der Waals surface area contributed by atoms with E-state index in [0.717, 1.165) is 19.3 Å². The number of hydrogen-bond acceptors (Lipinski definition) is 4. The van der Waals surface area contributed by atoms with Crippen LogP contribution >= 0.6 is 0 Å². The Labute approximate surface area is 84.5 Å². The predicted molar refractivity (Wildman–Crippen MR) is 51.0 cm³/mol. The minimum atomic E-state index is -0.220. The van der Waals surface area contributed by atoms with Crippen molar-refractivity contribution in [1.82, 2.24) is 0 Å². The van der Waals surface area contributed by atoms with Crippen molar-refractivity contribution in [1.29, 1.82) is 0 Å². The third-order valence-electron chi connectivity index (χ3n) is 2.63. The van der Waals surface area contributed by atoms with Crippen LogP contribution in [0.1, 0.15) is 19.3 Å². The van der Waals surface area contributed by atoms with Gasteiger partial charge < -0.3 is 14.2 Å². The molecule has 0 aliphatic heterocycles.